The van der Waals surface area contributed by atoms with E-state index in [4.69, 9.17) is 4.74 Å². The Hall–Kier alpha value is -3.72. The third kappa shape index (κ3) is 4.70. The molecule has 2 aromatic heterocycles. The lowest BCUT2D eigenvalue weighted by Gasteiger charge is -2.39. The summed E-state index contributed by atoms with van der Waals surface area (Å²) in [6.07, 6.45) is 1.51. The van der Waals surface area contributed by atoms with Crippen LogP contribution in [0.25, 0.3) is 33.3 Å². The van der Waals surface area contributed by atoms with E-state index in [1.807, 2.05) is 29.2 Å². The van der Waals surface area contributed by atoms with Gasteiger partial charge < -0.3 is 9.64 Å². The first-order valence-electron chi connectivity index (χ1n) is 13.5. The Kier molecular flexibility index (Phi) is 7.09. The monoisotopic (exact) mass is 592 g/mol. The Morgan fingerprint density at radius 3 is 2.59 bits per heavy atom. The number of fused-ring (bicyclic) bond motifs is 1. The summed E-state index contributed by atoms with van der Waals surface area (Å²) in [6.45, 7) is 3.88. The quantitative estimate of drug-likeness (QED) is 0.275. The molecule has 2 saturated heterocycles. The number of aromatic nitrogens is 1. The molecule has 4 heterocycles. The standard InChI is InChI=1S/C30H29FN4O4S2/c1-19-8-11-34(12-9-19)41(37,38)35-26-7-6-22(31)15-25(26)28(24-10-13-40-27(24)16-32)29(35)20-4-3-5-23(14-20)33-17-21(18-33)30(36)39-2/h3-7,10,13-15,19,21H,8-9,11-12,17-18H2,1-2H3. The molecule has 212 valence electrons. The van der Waals surface area contributed by atoms with Gasteiger partial charge in [0.25, 0.3) is 0 Å². The molecule has 8 nitrogen and oxygen atoms in total. The van der Waals surface area contributed by atoms with Crippen LogP contribution in [0.4, 0.5) is 10.1 Å². The van der Waals surface area contributed by atoms with Crippen molar-refractivity contribution < 1.29 is 22.3 Å². The Balaban J connectivity index is 1.59. The molecular weight excluding hydrogens is 563 g/mol. The zero-order valence-electron chi connectivity index (χ0n) is 22.7. The van der Waals surface area contributed by atoms with Gasteiger partial charge in [0.2, 0.25) is 0 Å². The van der Waals surface area contributed by atoms with Gasteiger partial charge in [-0.2, -0.15) is 18.0 Å². The second kappa shape index (κ2) is 10.6. The molecule has 0 amide bonds. The third-order valence-electron chi connectivity index (χ3n) is 8.12. The molecule has 0 spiro atoms. The fourth-order valence-corrected chi connectivity index (χ4v) is 8.22. The lowest BCUT2D eigenvalue weighted by Crippen LogP contribution is -2.50. The molecule has 0 unspecified atom stereocenters. The number of methoxy groups -OCH3 is 1. The van der Waals surface area contributed by atoms with Crippen molar-refractivity contribution in [2.45, 2.75) is 19.8 Å². The predicted octanol–water partition coefficient (Wildman–Crippen LogP) is 5.48. The van der Waals surface area contributed by atoms with Crippen molar-refractivity contribution in [3.63, 3.8) is 0 Å². The number of hydrogen-bond acceptors (Lipinski definition) is 7. The molecule has 0 aliphatic carbocycles. The largest absolute Gasteiger partial charge is 0.469 e. The summed E-state index contributed by atoms with van der Waals surface area (Å²) in [5.41, 5.74) is 3.23. The highest BCUT2D eigenvalue weighted by Gasteiger charge is 2.36. The Labute approximate surface area is 242 Å². The van der Waals surface area contributed by atoms with Crippen molar-refractivity contribution in [2.24, 2.45) is 11.8 Å². The maximum absolute atomic E-state index is 14.8. The number of carbonyl (C=O) groups is 1. The number of thiophene rings is 1. The van der Waals surface area contributed by atoms with Gasteiger partial charge in [-0.3, -0.25) is 4.79 Å². The Morgan fingerprint density at radius 2 is 1.88 bits per heavy atom. The summed E-state index contributed by atoms with van der Waals surface area (Å²) >= 11 is 1.26. The average molecular weight is 593 g/mol. The van der Waals surface area contributed by atoms with Crippen molar-refractivity contribution >= 4 is 44.1 Å². The van der Waals surface area contributed by atoms with Crippen LogP contribution in [0.3, 0.4) is 0 Å². The van der Waals surface area contributed by atoms with Crippen LogP contribution in [0.2, 0.25) is 0 Å². The molecule has 2 aromatic carbocycles. The maximum Gasteiger partial charge on any atom is 0.312 e. The van der Waals surface area contributed by atoms with Crippen LogP contribution in [0, 0.1) is 29.0 Å². The highest BCUT2D eigenvalue weighted by molar-refractivity contribution is 7.87. The fourth-order valence-electron chi connectivity index (χ4n) is 5.79. The molecule has 0 bridgehead atoms. The van der Waals surface area contributed by atoms with Gasteiger partial charge in [-0.1, -0.05) is 19.1 Å². The highest BCUT2D eigenvalue weighted by atomic mass is 32.2. The van der Waals surface area contributed by atoms with Crippen LogP contribution in [0.15, 0.2) is 53.9 Å². The zero-order chi connectivity index (χ0) is 28.9. The second-order valence-corrected chi connectivity index (χ2v) is 13.4. The highest BCUT2D eigenvalue weighted by Crippen LogP contribution is 2.45. The molecule has 11 heteroatoms. The van der Waals surface area contributed by atoms with E-state index in [1.165, 1.54) is 44.9 Å². The van der Waals surface area contributed by atoms with Crippen LogP contribution < -0.4 is 4.90 Å². The van der Waals surface area contributed by atoms with Crippen LogP contribution in [-0.2, 0) is 19.7 Å². The minimum Gasteiger partial charge on any atom is -0.469 e. The van der Waals surface area contributed by atoms with Crippen LogP contribution in [-0.4, -0.2) is 56.0 Å². The molecule has 2 aliphatic rings. The average Bonchev–Trinajstić information content (AvgIpc) is 3.54. The first-order chi connectivity index (χ1) is 19.7. The van der Waals surface area contributed by atoms with Crippen LogP contribution in [0.5, 0.6) is 0 Å². The molecule has 0 radical (unpaired) electrons. The number of halogens is 1. The van der Waals surface area contributed by atoms with Crippen LogP contribution >= 0.6 is 11.3 Å². The molecule has 0 saturated carbocycles. The van der Waals surface area contributed by atoms with Gasteiger partial charge in [0.15, 0.2) is 0 Å². The van der Waals surface area contributed by atoms with E-state index in [0.29, 0.717) is 70.3 Å². The number of benzene rings is 2. The molecule has 4 aromatic rings. The lowest BCUT2D eigenvalue weighted by atomic mass is 9.96. The van der Waals surface area contributed by atoms with Crippen molar-refractivity contribution in [1.29, 1.82) is 5.26 Å². The maximum atomic E-state index is 14.8. The summed E-state index contributed by atoms with van der Waals surface area (Å²) < 4.78 is 51.3. The minimum atomic E-state index is -4.07. The van der Waals surface area contributed by atoms with Gasteiger partial charge in [-0.15, -0.1) is 11.3 Å². The first-order valence-corrected chi connectivity index (χ1v) is 15.8. The summed E-state index contributed by atoms with van der Waals surface area (Å²) in [7, 11) is -2.70. The van der Waals surface area contributed by atoms with E-state index < -0.39 is 16.0 Å². The van der Waals surface area contributed by atoms with Gasteiger partial charge in [-0.05, 0) is 60.5 Å². The van der Waals surface area contributed by atoms with Crippen molar-refractivity contribution in [3.05, 3.63) is 64.6 Å². The summed E-state index contributed by atoms with van der Waals surface area (Å²) in [5, 5.41) is 12.1. The summed E-state index contributed by atoms with van der Waals surface area (Å²) in [5.74, 6) is -0.550. The number of ether oxygens (including phenoxy) is 1. The van der Waals surface area contributed by atoms with Crippen LogP contribution in [0.1, 0.15) is 24.6 Å². The van der Waals surface area contributed by atoms with Crippen molar-refractivity contribution in [3.8, 4) is 28.5 Å². The number of nitriles is 1. The van der Waals surface area contributed by atoms with E-state index in [9.17, 15) is 22.9 Å². The number of piperidine rings is 1. The number of rotatable bonds is 6. The van der Waals surface area contributed by atoms with E-state index in [2.05, 4.69) is 13.0 Å². The minimum absolute atomic E-state index is 0.223. The molecule has 0 N–H and O–H groups in total. The zero-order valence-corrected chi connectivity index (χ0v) is 24.3. The van der Waals surface area contributed by atoms with Gasteiger partial charge in [0.1, 0.15) is 16.8 Å². The topological polar surface area (TPSA) is 95.6 Å². The first kappa shape index (κ1) is 27.4. The lowest BCUT2D eigenvalue weighted by molar-refractivity contribution is -0.146. The number of carbonyl (C=O) groups excluding carboxylic acids is 1. The summed E-state index contributed by atoms with van der Waals surface area (Å²) in [6, 6.07) is 15.6. The molecule has 2 fully saturated rings. The number of esters is 1. The fraction of sp³-hybridized carbons (Fsp3) is 0.333. The van der Waals surface area contributed by atoms with Crippen molar-refractivity contribution in [2.75, 3.05) is 38.2 Å². The Bertz CT molecular complexity index is 1790. The van der Waals surface area contributed by atoms with Crippen molar-refractivity contribution in [1.82, 2.24) is 8.28 Å². The summed E-state index contributed by atoms with van der Waals surface area (Å²) in [4.78, 5) is 14.4. The van der Waals surface area contributed by atoms with Gasteiger partial charge in [0.05, 0.1) is 24.2 Å². The van der Waals surface area contributed by atoms with Gasteiger partial charge >= 0.3 is 16.2 Å². The van der Waals surface area contributed by atoms with Gasteiger partial charge in [0, 0.05) is 53.9 Å². The predicted molar refractivity (Wildman–Crippen MR) is 157 cm³/mol. The number of anilines is 1. The second-order valence-electron chi connectivity index (χ2n) is 10.7. The molecule has 41 heavy (non-hydrogen) atoms. The van der Waals surface area contributed by atoms with E-state index >= 15 is 0 Å². The van der Waals surface area contributed by atoms with E-state index in [-0.39, 0.29) is 11.9 Å². The Morgan fingerprint density at radius 1 is 1.12 bits per heavy atom. The number of nitrogens with zero attached hydrogens (tertiary/aromatic N) is 4. The van der Waals surface area contributed by atoms with E-state index in [1.54, 1.807) is 11.4 Å². The molecular formula is C30H29FN4O4S2. The van der Waals surface area contributed by atoms with E-state index in [0.717, 1.165) is 18.5 Å². The third-order valence-corrected chi connectivity index (χ3v) is 10.8. The van der Waals surface area contributed by atoms with Gasteiger partial charge in [-0.25, -0.2) is 8.36 Å². The molecule has 0 atom stereocenters. The SMILES string of the molecule is COC(=O)C1CN(c2cccc(-c3c(-c4ccsc4C#N)c4cc(F)ccc4n3S(=O)(=O)N3CCC(C)CC3)c2)C1. The normalized spacial score (nSPS) is 17.0. The number of hydrogen-bond donors (Lipinski definition) is 0. The molecule has 2 aliphatic heterocycles. The smallest absolute Gasteiger partial charge is 0.312 e. The molecule has 6 rings (SSSR count).